The van der Waals surface area contributed by atoms with Crippen molar-refractivity contribution in [3.63, 3.8) is 0 Å². The smallest absolute Gasteiger partial charge is 0.166 e. The average molecular weight is 277 g/mol. The molecule has 3 rings (SSSR count). The zero-order chi connectivity index (χ0) is 13.8. The van der Waals surface area contributed by atoms with Gasteiger partial charge in [0.2, 0.25) is 0 Å². The molecule has 1 aromatic rings. The molecule has 4 nitrogen and oxygen atoms in total. The van der Waals surface area contributed by atoms with Crippen LogP contribution in [0.1, 0.15) is 37.8 Å². The second-order valence-electron chi connectivity index (χ2n) is 5.62. The molecule has 0 amide bonds. The topological polar surface area (TPSA) is 39.7 Å². The molecule has 4 heteroatoms. The molecule has 0 radical (unpaired) electrons. The Morgan fingerprint density at radius 1 is 1.20 bits per heavy atom. The van der Waals surface area contributed by atoms with Gasteiger partial charge in [-0.15, -0.1) is 0 Å². The minimum Gasteiger partial charge on any atom is -0.493 e. The highest BCUT2D eigenvalue weighted by molar-refractivity contribution is 5.36. The summed E-state index contributed by atoms with van der Waals surface area (Å²) in [6.07, 6.45) is 3.05. The lowest BCUT2D eigenvalue weighted by molar-refractivity contribution is -0.145. The van der Waals surface area contributed by atoms with Crippen LogP contribution in [0.2, 0.25) is 0 Å². The van der Waals surface area contributed by atoms with Gasteiger partial charge < -0.3 is 19.5 Å². The summed E-state index contributed by atoms with van der Waals surface area (Å²) in [7, 11) is 0. The number of nitrogens with one attached hydrogen (secondary N) is 1. The Balaban J connectivity index is 1.59. The quantitative estimate of drug-likeness (QED) is 0.918. The third kappa shape index (κ3) is 3.14. The number of hydrogen-bond acceptors (Lipinski definition) is 4. The predicted molar refractivity (Wildman–Crippen MR) is 76.8 cm³/mol. The molecule has 1 saturated heterocycles. The molecule has 0 aromatic heterocycles. The number of rotatable bonds is 4. The molecule has 0 saturated carbocycles. The van der Waals surface area contributed by atoms with E-state index in [9.17, 15) is 0 Å². The van der Waals surface area contributed by atoms with Crippen LogP contribution in [0.15, 0.2) is 24.3 Å². The van der Waals surface area contributed by atoms with Crippen molar-refractivity contribution >= 4 is 0 Å². The maximum absolute atomic E-state index is 5.79. The molecule has 0 bridgehead atoms. The van der Waals surface area contributed by atoms with Gasteiger partial charge in [0.1, 0.15) is 5.75 Å². The largest absolute Gasteiger partial charge is 0.493 e. The minimum atomic E-state index is -0.409. The van der Waals surface area contributed by atoms with Crippen LogP contribution < -0.4 is 10.1 Å². The molecule has 0 spiro atoms. The molecule has 0 aliphatic carbocycles. The lowest BCUT2D eigenvalue weighted by Gasteiger charge is -2.24. The van der Waals surface area contributed by atoms with Crippen LogP contribution in [0, 0.1) is 0 Å². The van der Waals surface area contributed by atoms with Crippen molar-refractivity contribution in [3.05, 3.63) is 29.8 Å². The molecule has 2 aliphatic heterocycles. The van der Waals surface area contributed by atoms with Gasteiger partial charge in [-0.25, -0.2) is 0 Å². The summed E-state index contributed by atoms with van der Waals surface area (Å²) in [6.45, 7) is 5.12. The van der Waals surface area contributed by atoms with Crippen LogP contribution in [0.5, 0.6) is 5.75 Å². The van der Waals surface area contributed by atoms with E-state index in [2.05, 4.69) is 23.5 Å². The van der Waals surface area contributed by atoms with Crippen molar-refractivity contribution in [2.75, 3.05) is 26.4 Å². The Morgan fingerprint density at radius 2 is 2.00 bits per heavy atom. The molecule has 1 atom stereocenters. The molecule has 110 valence electrons. The standard InChI is InChI=1S/C16H23NO3/c1-16(19-11-12-20-16)8-9-17-14-6-4-10-18-15-7-3-2-5-13(14)15/h2-3,5,7,14,17H,4,6,8-12H2,1H3/t14-/m1/s1. The zero-order valence-corrected chi connectivity index (χ0v) is 12.1. The third-order valence-electron chi connectivity index (χ3n) is 4.06. The van der Waals surface area contributed by atoms with E-state index >= 15 is 0 Å². The Kier molecular flexibility index (Phi) is 4.24. The molecule has 0 unspecified atom stereocenters. The number of hydrogen-bond donors (Lipinski definition) is 1. The summed E-state index contributed by atoms with van der Waals surface area (Å²) >= 11 is 0. The first kappa shape index (κ1) is 13.9. The van der Waals surface area contributed by atoms with Crippen molar-refractivity contribution in [1.29, 1.82) is 0 Å². The van der Waals surface area contributed by atoms with Crippen molar-refractivity contribution < 1.29 is 14.2 Å². The summed E-state index contributed by atoms with van der Waals surface area (Å²) in [6, 6.07) is 8.68. The van der Waals surface area contributed by atoms with Crippen molar-refractivity contribution in [3.8, 4) is 5.75 Å². The summed E-state index contributed by atoms with van der Waals surface area (Å²) in [5.41, 5.74) is 1.27. The first-order valence-corrected chi connectivity index (χ1v) is 7.50. The van der Waals surface area contributed by atoms with Crippen molar-refractivity contribution in [2.45, 2.75) is 38.0 Å². The van der Waals surface area contributed by atoms with Gasteiger partial charge in [-0.05, 0) is 25.8 Å². The van der Waals surface area contributed by atoms with Gasteiger partial charge in [0.25, 0.3) is 0 Å². The first-order valence-electron chi connectivity index (χ1n) is 7.50. The molecule has 1 aromatic carbocycles. The number of ether oxygens (including phenoxy) is 3. The van der Waals surface area contributed by atoms with E-state index in [0.717, 1.165) is 38.2 Å². The van der Waals surface area contributed by atoms with Crippen molar-refractivity contribution in [2.24, 2.45) is 0 Å². The van der Waals surface area contributed by atoms with Crippen LogP contribution >= 0.6 is 0 Å². The van der Waals surface area contributed by atoms with Crippen LogP contribution in [-0.4, -0.2) is 32.2 Å². The summed E-state index contributed by atoms with van der Waals surface area (Å²) in [5.74, 6) is 0.607. The second kappa shape index (κ2) is 6.12. The van der Waals surface area contributed by atoms with Gasteiger partial charge in [0.05, 0.1) is 19.8 Å². The second-order valence-corrected chi connectivity index (χ2v) is 5.62. The highest BCUT2D eigenvalue weighted by Crippen LogP contribution is 2.31. The highest BCUT2D eigenvalue weighted by atomic mass is 16.7. The summed E-state index contributed by atoms with van der Waals surface area (Å²) in [4.78, 5) is 0. The minimum absolute atomic E-state index is 0.360. The Morgan fingerprint density at radius 3 is 2.85 bits per heavy atom. The Bertz CT molecular complexity index is 443. The predicted octanol–water partition coefficient (Wildman–Crippen LogP) is 2.64. The summed E-state index contributed by atoms with van der Waals surface area (Å²) in [5, 5.41) is 3.63. The number of fused-ring (bicyclic) bond motifs is 1. The van der Waals surface area contributed by atoms with Gasteiger partial charge in [-0.3, -0.25) is 0 Å². The van der Waals surface area contributed by atoms with Gasteiger partial charge >= 0.3 is 0 Å². The fraction of sp³-hybridized carbons (Fsp3) is 0.625. The van der Waals surface area contributed by atoms with Crippen LogP contribution in [0.4, 0.5) is 0 Å². The van der Waals surface area contributed by atoms with Crippen LogP contribution in [0.25, 0.3) is 0 Å². The van der Waals surface area contributed by atoms with Gasteiger partial charge in [-0.1, -0.05) is 18.2 Å². The zero-order valence-electron chi connectivity index (χ0n) is 12.1. The van der Waals surface area contributed by atoms with Gasteiger partial charge in [-0.2, -0.15) is 0 Å². The van der Waals surface area contributed by atoms with Crippen LogP contribution in [-0.2, 0) is 9.47 Å². The normalized spacial score (nSPS) is 24.8. The fourth-order valence-electron chi connectivity index (χ4n) is 2.91. The SMILES string of the molecule is CC1(CCN[C@@H]2CCCOc3ccccc32)OCCO1. The monoisotopic (exact) mass is 277 g/mol. The Hall–Kier alpha value is -1.10. The number of para-hydroxylation sites is 1. The Labute approximate surface area is 120 Å². The maximum Gasteiger partial charge on any atom is 0.166 e. The van der Waals surface area contributed by atoms with E-state index in [0.29, 0.717) is 19.3 Å². The molecular weight excluding hydrogens is 254 g/mol. The maximum atomic E-state index is 5.79. The third-order valence-corrected chi connectivity index (χ3v) is 4.06. The fourth-order valence-corrected chi connectivity index (χ4v) is 2.91. The van der Waals surface area contributed by atoms with E-state index in [4.69, 9.17) is 14.2 Å². The van der Waals surface area contributed by atoms with Gasteiger partial charge in [0, 0.05) is 24.6 Å². The van der Waals surface area contributed by atoms with E-state index < -0.39 is 5.79 Å². The van der Waals surface area contributed by atoms with E-state index in [-0.39, 0.29) is 0 Å². The lowest BCUT2D eigenvalue weighted by atomic mass is 10.0. The first-order chi connectivity index (χ1) is 9.77. The molecular formula is C16H23NO3. The number of benzene rings is 1. The molecule has 1 N–H and O–H groups in total. The average Bonchev–Trinajstić information content (AvgIpc) is 2.78. The van der Waals surface area contributed by atoms with Crippen molar-refractivity contribution in [1.82, 2.24) is 5.32 Å². The van der Waals surface area contributed by atoms with E-state index in [1.807, 2.05) is 13.0 Å². The lowest BCUT2D eigenvalue weighted by Crippen LogP contribution is -2.32. The summed E-state index contributed by atoms with van der Waals surface area (Å²) < 4.78 is 17.1. The van der Waals surface area contributed by atoms with E-state index in [1.165, 1.54) is 5.56 Å². The molecule has 20 heavy (non-hydrogen) atoms. The van der Waals surface area contributed by atoms with Gasteiger partial charge in [0.15, 0.2) is 5.79 Å². The molecule has 1 fully saturated rings. The molecule has 2 heterocycles. The van der Waals surface area contributed by atoms with E-state index in [1.54, 1.807) is 0 Å². The van der Waals surface area contributed by atoms with Crippen LogP contribution in [0.3, 0.4) is 0 Å². The molecule has 2 aliphatic rings. The highest BCUT2D eigenvalue weighted by Gasteiger charge is 2.30.